The highest BCUT2D eigenvalue weighted by atomic mass is 35.5. The summed E-state index contributed by atoms with van der Waals surface area (Å²) in [5.74, 6) is -0.484. The zero-order chi connectivity index (χ0) is 23.0. The van der Waals surface area contributed by atoms with E-state index in [1.165, 1.54) is 22.7 Å². The molecule has 1 N–H and O–H groups in total. The van der Waals surface area contributed by atoms with Gasteiger partial charge in [-0.3, -0.25) is 9.59 Å². The molecule has 0 unspecified atom stereocenters. The zero-order valence-electron chi connectivity index (χ0n) is 17.8. The van der Waals surface area contributed by atoms with Crippen LogP contribution in [0.4, 0.5) is 4.39 Å². The minimum atomic E-state index is -0.668. The highest BCUT2D eigenvalue weighted by Crippen LogP contribution is 2.24. The van der Waals surface area contributed by atoms with Crippen LogP contribution < -0.4 is 5.32 Å². The fourth-order valence-electron chi connectivity index (χ4n) is 2.87. The number of halogens is 3. The number of hydrogen-bond donors (Lipinski definition) is 1. The SMILES string of the molecule is CC[C@@H](C)NC(=O)[C@@H](C)N(Cc1cccc(Cl)c1)C(=O)CSCc1c(F)cccc1Cl. The fourth-order valence-corrected chi connectivity index (χ4v) is 4.34. The van der Waals surface area contributed by atoms with E-state index in [9.17, 15) is 14.0 Å². The summed E-state index contributed by atoms with van der Waals surface area (Å²) in [6.45, 7) is 5.85. The second-order valence-electron chi connectivity index (χ2n) is 7.34. The molecule has 2 atom stereocenters. The Labute approximate surface area is 197 Å². The number of carbonyl (C=O) groups is 2. The molecule has 0 aromatic heterocycles. The maximum atomic E-state index is 14.0. The van der Waals surface area contributed by atoms with Crippen LogP contribution in [0.5, 0.6) is 0 Å². The minimum Gasteiger partial charge on any atom is -0.352 e. The number of nitrogens with one attached hydrogen (secondary N) is 1. The van der Waals surface area contributed by atoms with E-state index in [4.69, 9.17) is 23.2 Å². The van der Waals surface area contributed by atoms with Crippen LogP contribution in [0.2, 0.25) is 10.0 Å². The standard InChI is InChI=1S/C23H27Cl2FN2O2S/c1-4-15(2)27-23(30)16(3)28(12-17-7-5-8-18(24)11-17)22(29)14-31-13-19-20(25)9-6-10-21(19)26/h5-11,15-16H,4,12-14H2,1-3H3,(H,27,30)/t15-,16-/m1/s1. The minimum absolute atomic E-state index is 0.00986. The average molecular weight is 485 g/mol. The molecule has 0 aliphatic heterocycles. The van der Waals surface area contributed by atoms with Gasteiger partial charge >= 0.3 is 0 Å². The van der Waals surface area contributed by atoms with Gasteiger partial charge in [-0.05, 0) is 50.1 Å². The lowest BCUT2D eigenvalue weighted by molar-refractivity contribution is -0.138. The van der Waals surface area contributed by atoms with Crippen molar-refractivity contribution in [3.8, 4) is 0 Å². The number of benzene rings is 2. The molecule has 0 aliphatic carbocycles. The van der Waals surface area contributed by atoms with Crippen molar-refractivity contribution >= 4 is 46.8 Å². The molecular formula is C23H27Cl2FN2O2S. The molecule has 168 valence electrons. The molecule has 2 rings (SSSR count). The molecule has 0 radical (unpaired) electrons. The highest BCUT2D eigenvalue weighted by Gasteiger charge is 2.27. The van der Waals surface area contributed by atoms with Crippen molar-refractivity contribution < 1.29 is 14.0 Å². The third-order valence-corrected chi connectivity index (χ3v) is 6.48. The molecule has 8 heteroatoms. The van der Waals surface area contributed by atoms with E-state index in [1.807, 2.05) is 19.9 Å². The number of hydrogen-bond acceptors (Lipinski definition) is 3. The Hall–Kier alpha value is -1.76. The van der Waals surface area contributed by atoms with E-state index in [1.54, 1.807) is 37.3 Å². The van der Waals surface area contributed by atoms with Gasteiger partial charge in [-0.2, -0.15) is 0 Å². The maximum Gasteiger partial charge on any atom is 0.242 e. The predicted molar refractivity (Wildman–Crippen MR) is 127 cm³/mol. The molecule has 4 nitrogen and oxygen atoms in total. The van der Waals surface area contributed by atoms with E-state index in [0.29, 0.717) is 15.6 Å². The summed E-state index contributed by atoms with van der Waals surface area (Å²) in [5.41, 5.74) is 1.19. The first-order chi connectivity index (χ1) is 14.7. The smallest absolute Gasteiger partial charge is 0.242 e. The fraction of sp³-hybridized carbons (Fsp3) is 0.391. The van der Waals surface area contributed by atoms with Crippen molar-refractivity contribution in [1.82, 2.24) is 10.2 Å². The monoisotopic (exact) mass is 484 g/mol. The van der Waals surface area contributed by atoms with Gasteiger partial charge in [0.05, 0.1) is 5.75 Å². The van der Waals surface area contributed by atoms with Crippen LogP contribution in [0.15, 0.2) is 42.5 Å². The van der Waals surface area contributed by atoms with E-state index in [2.05, 4.69) is 5.32 Å². The summed E-state index contributed by atoms with van der Waals surface area (Å²) in [6, 6.07) is 11.0. The Balaban J connectivity index is 2.12. The van der Waals surface area contributed by atoms with Crippen LogP contribution in [-0.2, 0) is 21.9 Å². The first-order valence-corrected chi connectivity index (χ1v) is 12.0. The van der Waals surface area contributed by atoms with Crippen molar-refractivity contribution in [2.75, 3.05) is 5.75 Å². The lowest BCUT2D eigenvalue weighted by Crippen LogP contribution is -2.50. The first kappa shape index (κ1) is 25.5. The van der Waals surface area contributed by atoms with Crippen LogP contribution >= 0.6 is 35.0 Å². The zero-order valence-corrected chi connectivity index (χ0v) is 20.2. The molecule has 0 bridgehead atoms. The van der Waals surface area contributed by atoms with Crippen molar-refractivity contribution in [3.05, 3.63) is 69.5 Å². The number of amides is 2. The maximum absolute atomic E-state index is 14.0. The van der Waals surface area contributed by atoms with Gasteiger partial charge in [-0.1, -0.05) is 48.3 Å². The second-order valence-corrected chi connectivity index (χ2v) is 9.17. The van der Waals surface area contributed by atoms with Gasteiger partial charge < -0.3 is 10.2 Å². The van der Waals surface area contributed by atoms with Gasteiger partial charge in [0.1, 0.15) is 11.9 Å². The molecule has 2 aromatic carbocycles. The van der Waals surface area contributed by atoms with Crippen molar-refractivity contribution in [1.29, 1.82) is 0 Å². The number of thioether (sulfide) groups is 1. The molecule has 0 saturated heterocycles. The summed E-state index contributed by atoms with van der Waals surface area (Å²) in [5, 5.41) is 3.82. The van der Waals surface area contributed by atoms with Crippen LogP contribution in [0.1, 0.15) is 38.3 Å². The van der Waals surface area contributed by atoms with Crippen LogP contribution in [0.3, 0.4) is 0 Å². The normalized spacial score (nSPS) is 12.8. The van der Waals surface area contributed by atoms with Gasteiger partial charge in [0.15, 0.2) is 0 Å². The Kier molecular flexibility index (Phi) is 10.1. The van der Waals surface area contributed by atoms with Gasteiger partial charge in [0.25, 0.3) is 0 Å². The third kappa shape index (κ3) is 7.70. The topological polar surface area (TPSA) is 49.4 Å². The lowest BCUT2D eigenvalue weighted by atomic mass is 10.1. The van der Waals surface area contributed by atoms with Crippen LogP contribution in [0.25, 0.3) is 0 Å². The first-order valence-electron chi connectivity index (χ1n) is 10.1. The van der Waals surface area contributed by atoms with Gasteiger partial charge in [0.2, 0.25) is 11.8 Å². The Morgan fingerprint density at radius 3 is 2.52 bits per heavy atom. The summed E-state index contributed by atoms with van der Waals surface area (Å²) >= 11 is 13.4. The molecule has 0 heterocycles. The summed E-state index contributed by atoms with van der Waals surface area (Å²) in [6.07, 6.45) is 0.792. The van der Waals surface area contributed by atoms with Gasteiger partial charge in [-0.15, -0.1) is 11.8 Å². The van der Waals surface area contributed by atoms with Crippen molar-refractivity contribution in [2.24, 2.45) is 0 Å². The Morgan fingerprint density at radius 1 is 1.16 bits per heavy atom. The third-order valence-electron chi connectivity index (χ3n) is 4.94. The largest absolute Gasteiger partial charge is 0.352 e. The summed E-state index contributed by atoms with van der Waals surface area (Å²) < 4.78 is 14.0. The van der Waals surface area contributed by atoms with Crippen LogP contribution in [-0.4, -0.2) is 34.6 Å². The van der Waals surface area contributed by atoms with E-state index in [-0.39, 0.29) is 35.9 Å². The molecule has 31 heavy (non-hydrogen) atoms. The number of carbonyl (C=O) groups excluding carboxylic acids is 2. The van der Waals surface area contributed by atoms with Gasteiger partial charge in [0, 0.05) is 33.9 Å². The van der Waals surface area contributed by atoms with E-state index >= 15 is 0 Å². The summed E-state index contributed by atoms with van der Waals surface area (Å²) in [7, 11) is 0. The molecule has 0 saturated carbocycles. The average Bonchev–Trinajstić information content (AvgIpc) is 2.73. The van der Waals surface area contributed by atoms with Crippen molar-refractivity contribution in [3.63, 3.8) is 0 Å². The number of nitrogens with zero attached hydrogens (tertiary/aromatic N) is 1. The van der Waals surface area contributed by atoms with Gasteiger partial charge in [-0.25, -0.2) is 4.39 Å². The van der Waals surface area contributed by atoms with E-state index in [0.717, 1.165) is 12.0 Å². The Bertz CT molecular complexity index is 893. The predicted octanol–water partition coefficient (Wildman–Crippen LogP) is 5.70. The molecule has 2 aromatic rings. The lowest BCUT2D eigenvalue weighted by Gasteiger charge is -2.29. The quantitative estimate of drug-likeness (QED) is 0.470. The molecule has 0 spiro atoms. The Morgan fingerprint density at radius 2 is 1.87 bits per heavy atom. The van der Waals surface area contributed by atoms with Crippen LogP contribution in [0, 0.1) is 5.82 Å². The van der Waals surface area contributed by atoms with E-state index < -0.39 is 11.9 Å². The highest BCUT2D eigenvalue weighted by molar-refractivity contribution is 7.99. The summed E-state index contributed by atoms with van der Waals surface area (Å²) in [4.78, 5) is 27.3. The molecule has 2 amide bonds. The number of rotatable bonds is 10. The molecular weight excluding hydrogens is 458 g/mol. The van der Waals surface area contributed by atoms with Crippen molar-refractivity contribution in [2.45, 2.75) is 51.6 Å². The second kappa shape index (κ2) is 12.3. The molecule has 0 fully saturated rings. The molecule has 0 aliphatic rings.